The van der Waals surface area contributed by atoms with Crippen LogP contribution in [-0.4, -0.2) is 36.3 Å². The van der Waals surface area contributed by atoms with E-state index in [1.54, 1.807) is 0 Å². The molecule has 1 saturated heterocycles. The van der Waals surface area contributed by atoms with Gasteiger partial charge in [-0.25, -0.2) is 0 Å². The van der Waals surface area contributed by atoms with E-state index in [0.717, 1.165) is 50.6 Å². The Morgan fingerprint density at radius 2 is 2.12 bits per heavy atom. The van der Waals surface area contributed by atoms with Crippen molar-refractivity contribution in [3.05, 3.63) is 0 Å². The molecule has 0 radical (unpaired) electrons. The summed E-state index contributed by atoms with van der Waals surface area (Å²) in [5, 5.41) is 0. The van der Waals surface area contributed by atoms with E-state index in [9.17, 15) is 4.79 Å². The molecule has 2 rings (SSSR count). The van der Waals surface area contributed by atoms with Gasteiger partial charge < -0.3 is 9.47 Å². The van der Waals surface area contributed by atoms with Gasteiger partial charge in [0.2, 0.25) is 0 Å². The van der Waals surface area contributed by atoms with Crippen LogP contribution in [0.1, 0.15) is 39.0 Å². The molecule has 4 heteroatoms. The Morgan fingerprint density at radius 3 is 2.65 bits per heavy atom. The fourth-order valence-electron chi connectivity index (χ4n) is 2.36. The number of ether oxygens (including phenoxy) is 2. The van der Waals surface area contributed by atoms with E-state index in [4.69, 9.17) is 9.47 Å². The molecule has 1 heterocycles. The van der Waals surface area contributed by atoms with E-state index in [2.05, 4.69) is 0 Å². The zero-order chi connectivity index (χ0) is 12.1. The summed E-state index contributed by atoms with van der Waals surface area (Å²) in [5.41, 5.74) is 0. The maximum Gasteiger partial charge on any atom is 0.322 e. The largest absolute Gasteiger partial charge is 0.465 e. The fraction of sp³-hybridized carbons (Fsp3) is 0.923. The van der Waals surface area contributed by atoms with Gasteiger partial charge in [-0.05, 0) is 50.7 Å². The van der Waals surface area contributed by atoms with Gasteiger partial charge in [0.05, 0.1) is 6.61 Å². The second kappa shape index (κ2) is 6.10. The van der Waals surface area contributed by atoms with Crippen molar-refractivity contribution in [3.8, 4) is 0 Å². The highest BCUT2D eigenvalue weighted by atomic mass is 32.2. The Labute approximate surface area is 108 Å². The van der Waals surface area contributed by atoms with Gasteiger partial charge in [0.1, 0.15) is 4.75 Å². The first kappa shape index (κ1) is 13.2. The number of hydrogen-bond acceptors (Lipinski definition) is 4. The van der Waals surface area contributed by atoms with E-state index in [-0.39, 0.29) is 10.7 Å². The van der Waals surface area contributed by atoms with Crippen LogP contribution in [0.2, 0.25) is 0 Å². The molecule has 0 spiro atoms. The van der Waals surface area contributed by atoms with Crippen LogP contribution in [0.5, 0.6) is 0 Å². The standard InChI is InChI=1S/C13H22O3S/c1-2-16-12(14)13(6-3-7-13)17-10-11-4-8-15-9-5-11/h11H,2-10H2,1H3. The van der Waals surface area contributed by atoms with Crippen LogP contribution in [0.15, 0.2) is 0 Å². The van der Waals surface area contributed by atoms with E-state index >= 15 is 0 Å². The highest BCUT2D eigenvalue weighted by molar-refractivity contribution is 8.01. The molecule has 0 N–H and O–H groups in total. The van der Waals surface area contributed by atoms with Gasteiger partial charge in [0.15, 0.2) is 0 Å². The van der Waals surface area contributed by atoms with E-state index < -0.39 is 0 Å². The zero-order valence-electron chi connectivity index (χ0n) is 10.6. The number of carbonyl (C=O) groups excluding carboxylic acids is 1. The van der Waals surface area contributed by atoms with Gasteiger partial charge in [0.25, 0.3) is 0 Å². The van der Waals surface area contributed by atoms with Crippen LogP contribution >= 0.6 is 11.8 Å². The topological polar surface area (TPSA) is 35.5 Å². The van der Waals surface area contributed by atoms with Gasteiger partial charge in [-0.15, -0.1) is 11.8 Å². The summed E-state index contributed by atoms with van der Waals surface area (Å²) in [6.45, 7) is 4.15. The Kier molecular flexibility index (Phi) is 4.74. The maximum absolute atomic E-state index is 12.0. The highest BCUT2D eigenvalue weighted by Crippen LogP contribution is 2.46. The second-order valence-corrected chi connectivity index (χ2v) is 6.34. The lowest BCUT2D eigenvalue weighted by Gasteiger charge is -2.39. The molecule has 3 nitrogen and oxygen atoms in total. The lowest BCUT2D eigenvalue weighted by molar-refractivity contribution is -0.148. The summed E-state index contributed by atoms with van der Waals surface area (Å²) in [7, 11) is 0. The van der Waals surface area contributed by atoms with Crippen molar-refractivity contribution in [3.63, 3.8) is 0 Å². The van der Waals surface area contributed by atoms with Crippen LogP contribution in [-0.2, 0) is 14.3 Å². The molecule has 0 aromatic carbocycles. The quantitative estimate of drug-likeness (QED) is 0.710. The molecule has 0 atom stereocenters. The zero-order valence-corrected chi connectivity index (χ0v) is 11.4. The van der Waals surface area contributed by atoms with Gasteiger partial charge in [0, 0.05) is 13.2 Å². The Hall–Kier alpha value is -0.220. The van der Waals surface area contributed by atoms with E-state index in [0.29, 0.717) is 6.61 Å². The molecule has 0 aromatic heterocycles. The Morgan fingerprint density at radius 1 is 1.41 bits per heavy atom. The molecule has 1 aliphatic carbocycles. The number of thioether (sulfide) groups is 1. The molecule has 98 valence electrons. The lowest BCUT2D eigenvalue weighted by Crippen LogP contribution is -2.44. The predicted octanol–water partition coefficient (Wildman–Crippen LogP) is 2.63. The Balaban J connectivity index is 1.80. The minimum absolute atomic E-state index is 0.0170. The number of hydrogen-bond donors (Lipinski definition) is 0. The SMILES string of the molecule is CCOC(=O)C1(SCC2CCOCC2)CCC1. The predicted molar refractivity (Wildman–Crippen MR) is 69.2 cm³/mol. The van der Waals surface area contributed by atoms with Crippen molar-refractivity contribution in [2.45, 2.75) is 43.8 Å². The average Bonchev–Trinajstić information content (AvgIpc) is 2.29. The molecule has 2 fully saturated rings. The second-order valence-electron chi connectivity index (χ2n) is 4.94. The molecular formula is C13H22O3S. The summed E-state index contributed by atoms with van der Waals surface area (Å²) in [4.78, 5) is 12.0. The number of esters is 1. The summed E-state index contributed by atoms with van der Waals surface area (Å²) in [6.07, 6.45) is 5.46. The molecule has 0 unspecified atom stereocenters. The number of rotatable bonds is 5. The van der Waals surface area contributed by atoms with Crippen molar-refractivity contribution in [1.29, 1.82) is 0 Å². The van der Waals surface area contributed by atoms with Crippen molar-refractivity contribution >= 4 is 17.7 Å². The third-order valence-corrected chi connectivity index (χ3v) is 5.51. The smallest absolute Gasteiger partial charge is 0.322 e. The van der Waals surface area contributed by atoms with Gasteiger partial charge in [-0.1, -0.05) is 0 Å². The minimum Gasteiger partial charge on any atom is -0.465 e. The molecule has 0 amide bonds. The first-order valence-electron chi connectivity index (χ1n) is 6.66. The van der Waals surface area contributed by atoms with Crippen molar-refractivity contribution < 1.29 is 14.3 Å². The van der Waals surface area contributed by atoms with Crippen LogP contribution < -0.4 is 0 Å². The van der Waals surface area contributed by atoms with Crippen LogP contribution in [0.4, 0.5) is 0 Å². The van der Waals surface area contributed by atoms with Crippen LogP contribution in [0, 0.1) is 5.92 Å². The van der Waals surface area contributed by atoms with Gasteiger partial charge in [-0.2, -0.15) is 0 Å². The first-order chi connectivity index (χ1) is 8.27. The molecule has 0 aromatic rings. The molecule has 0 bridgehead atoms. The highest BCUT2D eigenvalue weighted by Gasteiger charge is 2.46. The summed E-state index contributed by atoms with van der Waals surface area (Å²) >= 11 is 1.84. The fourth-order valence-corrected chi connectivity index (χ4v) is 4.00. The maximum atomic E-state index is 12.0. The van der Waals surface area contributed by atoms with Crippen molar-refractivity contribution in [2.75, 3.05) is 25.6 Å². The Bertz CT molecular complexity index is 257. The summed E-state index contributed by atoms with van der Waals surface area (Å²) in [6, 6.07) is 0. The molecule has 17 heavy (non-hydrogen) atoms. The molecule has 1 aliphatic heterocycles. The molecule has 2 aliphatic rings. The lowest BCUT2D eigenvalue weighted by atomic mass is 9.84. The van der Waals surface area contributed by atoms with Crippen molar-refractivity contribution in [2.24, 2.45) is 5.92 Å². The van der Waals surface area contributed by atoms with E-state index in [1.807, 2.05) is 18.7 Å². The summed E-state index contributed by atoms with van der Waals surface area (Å²) < 4.78 is 10.4. The van der Waals surface area contributed by atoms with E-state index in [1.165, 1.54) is 6.42 Å². The first-order valence-corrected chi connectivity index (χ1v) is 7.64. The average molecular weight is 258 g/mol. The van der Waals surface area contributed by atoms with Crippen LogP contribution in [0.3, 0.4) is 0 Å². The normalized spacial score (nSPS) is 24.1. The van der Waals surface area contributed by atoms with Crippen LogP contribution in [0.25, 0.3) is 0 Å². The van der Waals surface area contributed by atoms with Gasteiger partial charge >= 0.3 is 5.97 Å². The minimum atomic E-state index is -0.200. The molecule has 1 saturated carbocycles. The third-order valence-electron chi connectivity index (χ3n) is 3.74. The molecular weight excluding hydrogens is 236 g/mol. The summed E-state index contributed by atoms with van der Waals surface area (Å²) in [5.74, 6) is 1.83. The third kappa shape index (κ3) is 3.16. The number of carbonyl (C=O) groups is 1. The van der Waals surface area contributed by atoms with Crippen molar-refractivity contribution in [1.82, 2.24) is 0 Å². The van der Waals surface area contributed by atoms with Gasteiger partial charge in [-0.3, -0.25) is 4.79 Å². The monoisotopic (exact) mass is 258 g/mol.